The Bertz CT molecular complexity index is 207. The number of hydrogen-bond donors (Lipinski definition) is 0. The summed E-state index contributed by atoms with van der Waals surface area (Å²) in [5, 5.41) is 0. The van der Waals surface area contributed by atoms with E-state index in [2.05, 4.69) is 58.4 Å². The fourth-order valence-electron chi connectivity index (χ4n) is 2.71. The van der Waals surface area contributed by atoms with Crippen LogP contribution in [0.2, 0.25) is 0 Å². The molecule has 0 aromatic carbocycles. The first-order chi connectivity index (χ1) is 6.78. The molecule has 2 heteroatoms. The van der Waals surface area contributed by atoms with Crippen molar-refractivity contribution in [1.29, 1.82) is 0 Å². The smallest absolute Gasteiger partial charge is 0.0623 e. The van der Waals surface area contributed by atoms with Crippen LogP contribution in [0.1, 0.15) is 48.0 Å². The molecule has 1 fully saturated rings. The largest absolute Gasteiger partial charge is 0.287 e. The van der Waals surface area contributed by atoms with Gasteiger partial charge in [0.05, 0.1) is 6.17 Å². The van der Waals surface area contributed by atoms with E-state index in [1.165, 1.54) is 13.0 Å². The van der Waals surface area contributed by atoms with Crippen LogP contribution in [-0.4, -0.2) is 41.6 Å². The lowest BCUT2D eigenvalue weighted by molar-refractivity contribution is 0.0960. The molecule has 0 aromatic heterocycles. The third-order valence-electron chi connectivity index (χ3n) is 3.74. The quantitative estimate of drug-likeness (QED) is 0.694. The van der Waals surface area contributed by atoms with E-state index in [1.807, 2.05) is 0 Å². The minimum Gasteiger partial charge on any atom is -0.287 e. The maximum absolute atomic E-state index is 2.67. The molecule has 0 N–H and O–H groups in total. The van der Waals surface area contributed by atoms with Gasteiger partial charge in [-0.3, -0.25) is 9.80 Å². The zero-order valence-corrected chi connectivity index (χ0v) is 11.5. The molecule has 2 nitrogen and oxygen atoms in total. The molecule has 0 amide bonds. The Morgan fingerprint density at radius 1 is 1.07 bits per heavy atom. The summed E-state index contributed by atoms with van der Waals surface area (Å²) in [7, 11) is 2.26. The third-order valence-corrected chi connectivity index (χ3v) is 3.74. The van der Waals surface area contributed by atoms with Crippen molar-refractivity contribution in [2.24, 2.45) is 5.41 Å². The Labute approximate surface area is 95.6 Å². The lowest BCUT2D eigenvalue weighted by Gasteiger charge is -2.34. The first kappa shape index (κ1) is 13.0. The molecule has 0 aliphatic carbocycles. The second-order valence-corrected chi connectivity index (χ2v) is 6.27. The van der Waals surface area contributed by atoms with Crippen LogP contribution in [0.15, 0.2) is 0 Å². The summed E-state index contributed by atoms with van der Waals surface area (Å²) in [5.74, 6) is 0. The lowest BCUT2D eigenvalue weighted by atomic mass is 9.95. The van der Waals surface area contributed by atoms with Crippen LogP contribution in [0, 0.1) is 5.41 Å². The van der Waals surface area contributed by atoms with Gasteiger partial charge in [0.2, 0.25) is 0 Å². The van der Waals surface area contributed by atoms with Gasteiger partial charge in [-0.25, -0.2) is 0 Å². The summed E-state index contributed by atoms with van der Waals surface area (Å²) in [4.78, 5) is 5.20. The molecular formula is C13H28N2. The van der Waals surface area contributed by atoms with Gasteiger partial charge in [0.15, 0.2) is 0 Å². The van der Waals surface area contributed by atoms with Crippen molar-refractivity contribution in [2.75, 3.05) is 13.6 Å². The molecule has 1 aliphatic heterocycles. The molecule has 1 rings (SSSR count). The van der Waals surface area contributed by atoms with Crippen molar-refractivity contribution in [2.45, 2.75) is 66.2 Å². The fourth-order valence-corrected chi connectivity index (χ4v) is 2.71. The van der Waals surface area contributed by atoms with Gasteiger partial charge < -0.3 is 0 Å². The van der Waals surface area contributed by atoms with Crippen LogP contribution in [0.25, 0.3) is 0 Å². The molecule has 0 spiro atoms. The zero-order chi connectivity index (χ0) is 11.8. The first-order valence-electron chi connectivity index (χ1n) is 6.25. The summed E-state index contributed by atoms with van der Waals surface area (Å²) in [5.41, 5.74) is 0.395. The highest BCUT2D eigenvalue weighted by Gasteiger charge is 2.40. The molecule has 0 saturated carbocycles. The molecule has 1 aliphatic rings. The average Bonchev–Trinajstić information content (AvgIpc) is 2.29. The average molecular weight is 212 g/mol. The zero-order valence-electron chi connectivity index (χ0n) is 11.5. The van der Waals surface area contributed by atoms with Gasteiger partial charge in [0.1, 0.15) is 0 Å². The highest BCUT2D eigenvalue weighted by Crippen LogP contribution is 2.30. The maximum atomic E-state index is 2.67. The van der Waals surface area contributed by atoms with Gasteiger partial charge in [0.25, 0.3) is 0 Å². The second kappa shape index (κ2) is 4.42. The topological polar surface area (TPSA) is 6.48 Å². The van der Waals surface area contributed by atoms with E-state index >= 15 is 0 Å². The Morgan fingerprint density at radius 3 is 2.00 bits per heavy atom. The van der Waals surface area contributed by atoms with E-state index in [9.17, 15) is 0 Å². The normalized spacial score (nSPS) is 35.0. The first-order valence-corrected chi connectivity index (χ1v) is 6.25. The highest BCUT2D eigenvalue weighted by atomic mass is 15.4. The monoisotopic (exact) mass is 212 g/mol. The SMILES string of the molecule is CCC1N(C)C(C)C(C)N1CC(C)(C)C. The van der Waals surface area contributed by atoms with Gasteiger partial charge in [0, 0.05) is 18.6 Å². The van der Waals surface area contributed by atoms with Crippen LogP contribution in [-0.2, 0) is 0 Å². The van der Waals surface area contributed by atoms with Crippen LogP contribution in [0.5, 0.6) is 0 Å². The van der Waals surface area contributed by atoms with E-state index in [4.69, 9.17) is 0 Å². The van der Waals surface area contributed by atoms with Crippen molar-refractivity contribution in [3.8, 4) is 0 Å². The van der Waals surface area contributed by atoms with E-state index in [0.29, 0.717) is 23.7 Å². The van der Waals surface area contributed by atoms with Crippen LogP contribution >= 0.6 is 0 Å². The summed E-state index contributed by atoms with van der Waals surface area (Å²) >= 11 is 0. The molecular weight excluding hydrogens is 184 g/mol. The maximum Gasteiger partial charge on any atom is 0.0623 e. The van der Waals surface area contributed by atoms with Crippen LogP contribution < -0.4 is 0 Å². The van der Waals surface area contributed by atoms with Gasteiger partial charge >= 0.3 is 0 Å². The molecule has 15 heavy (non-hydrogen) atoms. The lowest BCUT2D eigenvalue weighted by Crippen LogP contribution is -2.43. The van der Waals surface area contributed by atoms with Gasteiger partial charge in [-0.1, -0.05) is 27.7 Å². The van der Waals surface area contributed by atoms with E-state index in [1.54, 1.807) is 0 Å². The summed E-state index contributed by atoms with van der Waals surface area (Å²) in [6.45, 7) is 15.2. The van der Waals surface area contributed by atoms with Crippen LogP contribution in [0.4, 0.5) is 0 Å². The van der Waals surface area contributed by atoms with E-state index in [0.717, 1.165) is 0 Å². The minimum atomic E-state index is 0.395. The predicted octanol–water partition coefficient (Wildman–Crippen LogP) is 2.79. The molecule has 3 atom stereocenters. The number of likely N-dealkylation sites (N-methyl/N-ethyl adjacent to an activating group) is 1. The highest BCUT2D eigenvalue weighted by molar-refractivity contribution is 4.93. The molecule has 3 unspecified atom stereocenters. The van der Waals surface area contributed by atoms with Gasteiger partial charge in [-0.2, -0.15) is 0 Å². The number of rotatable bonds is 2. The predicted molar refractivity (Wildman–Crippen MR) is 66.9 cm³/mol. The Kier molecular flexibility index (Phi) is 3.83. The van der Waals surface area contributed by atoms with E-state index < -0.39 is 0 Å². The minimum absolute atomic E-state index is 0.395. The van der Waals surface area contributed by atoms with Crippen molar-refractivity contribution in [3.05, 3.63) is 0 Å². The number of hydrogen-bond acceptors (Lipinski definition) is 2. The Hall–Kier alpha value is -0.0800. The summed E-state index contributed by atoms with van der Waals surface area (Å²) in [6.07, 6.45) is 1.86. The molecule has 0 bridgehead atoms. The van der Waals surface area contributed by atoms with Gasteiger partial charge in [-0.15, -0.1) is 0 Å². The summed E-state index contributed by atoms with van der Waals surface area (Å²) in [6, 6.07) is 1.36. The molecule has 90 valence electrons. The number of nitrogens with zero attached hydrogens (tertiary/aromatic N) is 2. The molecule has 0 aromatic rings. The van der Waals surface area contributed by atoms with Crippen LogP contribution in [0.3, 0.4) is 0 Å². The van der Waals surface area contributed by atoms with Crippen molar-refractivity contribution >= 4 is 0 Å². The van der Waals surface area contributed by atoms with Crippen molar-refractivity contribution in [1.82, 2.24) is 9.80 Å². The standard InChI is InChI=1S/C13H28N2/c1-8-12-14(7)10(2)11(3)15(12)9-13(4,5)6/h10-12H,8-9H2,1-7H3. The third kappa shape index (κ3) is 2.73. The molecule has 1 heterocycles. The Morgan fingerprint density at radius 2 is 1.60 bits per heavy atom. The van der Waals surface area contributed by atoms with Gasteiger partial charge in [-0.05, 0) is 32.7 Å². The van der Waals surface area contributed by atoms with E-state index in [-0.39, 0.29) is 0 Å². The molecule has 0 radical (unpaired) electrons. The second-order valence-electron chi connectivity index (χ2n) is 6.27. The fraction of sp³-hybridized carbons (Fsp3) is 1.00. The summed E-state index contributed by atoms with van der Waals surface area (Å²) < 4.78 is 0. The van der Waals surface area contributed by atoms with Crippen molar-refractivity contribution in [3.63, 3.8) is 0 Å². The Balaban J connectivity index is 2.77. The van der Waals surface area contributed by atoms with Crippen molar-refractivity contribution < 1.29 is 0 Å². The molecule has 1 saturated heterocycles.